The Balaban J connectivity index is 1.29. The number of hydrogen-bond acceptors (Lipinski definition) is 6. The maximum atomic E-state index is 12.2. The Labute approximate surface area is 153 Å². The lowest BCUT2D eigenvalue weighted by Crippen LogP contribution is -2.41. The predicted molar refractivity (Wildman–Crippen MR) is 98.5 cm³/mol. The minimum atomic E-state index is -0.184. The number of hydrogen-bond donors (Lipinski definition) is 1. The number of nitrogens with zero attached hydrogens (tertiary/aromatic N) is 1. The lowest BCUT2D eigenvalue weighted by molar-refractivity contribution is -0.121. The number of benzene rings is 1. The van der Waals surface area contributed by atoms with Gasteiger partial charge in [0.25, 0.3) is 0 Å². The summed E-state index contributed by atoms with van der Waals surface area (Å²) in [6.45, 7) is 0.839. The van der Waals surface area contributed by atoms with Crippen molar-refractivity contribution in [1.82, 2.24) is 10.3 Å². The molecule has 0 fully saturated rings. The van der Waals surface area contributed by atoms with Crippen molar-refractivity contribution in [2.24, 2.45) is 0 Å². The third-order valence-electron chi connectivity index (χ3n) is 3.72. The smallest absolute Gasteiger partial charge is 0.226 e. The second-order valence-electron chi connectivity index (χ2n) is 5.60. The quantitative estimate of drug-likeness (QED) is 0.746. The first-order valence-electron chi connectivity index (χ1n) is 7.91. The van der Waals surface area contributed by atoms with Gasteiger partial charge in [0.15, 0.2) is 11.5 Å². The van der Waals surface area contributed by atoms with Crippen LogP contribution in [0.1, 0.15) is 5.69 Å². The van der Waals surface area contributed by atoms with E-state index < -0.39 is 0 Å². The fraction of sp³-hybridized carbons (Fsp3) is 0.222. The van der Waals surface area contributed by atoms with Gasteiger partial charge in [0.2, 0.25) is 5.91 Å². The van der Waals surface area contributed by atoms with Gasteiger partial charge >= 0.3 is 0 Å². The maximum absolute atomic E-state index is 12.2. The molecule has 2 aromatic heterocycles. The summed E-state index contributed by atoms with van der Waals surface area (Å²) >= 11 is 3.21. The molecule has 5 nitrogen and oxygen atoms in total. The summed E-state index contributed by atoms with van der Waals surface area (Å²) in [5.74, 6) is 1.40. The maximum Gasteiger partial charge on any atom is 0.226 e. The van der Waals surface area contributed by atoms with Crippen LogP contribution in [0.5, 0.6) is 11.5 Å². The molecule has 1 atom stereocenters. The zero-order chi connectivity index (χ0) is 17.1. The summed E-state index contributed by atoms with van der Waals surface area (Å²) in [6.07, 6.45) is 0.0856. The lowest BCUT2D eigenvalue weighted by atomic mass is 10.2. The van der Waals surface area contributed by atoms with Gasteiger partial charge in [0.05, 0.1) is 23.5 Å². The summed E-state index contributed by atoms with van der Waals surface area (Å²) in [5.41, 5.74) is 0.789. The number of aromatic nitrogens is 1. The highest BCUT2D eigenvalue weighted by Crippen LogP contribution is 2.30. The van der Waals surface area contributed by atoms with Crippen LogP contribution in [0.15, 0.2) is 47.2 Å². The SMILES string of the molecule is O=C(Cc1csc(-c2cccs2)n1)NC[C@@H]1COc2ccccc2O1. The van der Waals surface area contributed by atoms with E-state index in [9.17, 15) is 4.79 Å². The number of thiazole rings is 1. The average Bonchev–Trinajstić information content (AvgIpc) is 3.31. The van der Waals surface area contributed by atoms with Gasteiger partial charge in [-0.05, 0) is 23.6 Å². The van der Waals surface area contributed by atoms with Crippen LogP contribution in [0.2, 0.25) is 0 Å². The molecule has 0 unspecified atom stereocenters. The first-order chi connectivity index (χ1) is 12.3. The van der Waals surface area contributed by atoms with Gasteiger partial charge in [-0.15, -0.1) is 22.7 Å². The predicted octanol–water partition coefficient (Wildman–Crippen LogP) is 3.37. The summed E-state index contributed by atoms with van der Waals surface area (Å²) in [4.78, 5) is 17.8. The van der Waals surface area contributed by atoms with E-state index in [1.807, 2.05) is 47.2 Å². The van der Waals surface area contributed by atoms with Crippen molar-refractivity contribution >= 4 is 28.6 Å². The fourth-order valence-corrected chi connectivity index (χ4v) is 4.15. The number of amides is 1. The molecule has 0 spiro atoms. The summed E-state index contributed by atoms with van der Waals surface area (Å²) in [6, 6.07) is 11.6. The Morgan fingerprint density at radius 1 is 1.20 bits per heavy atom. The Morgan fingerprint density at radius 2 is 2.08 bits per heavy atom. The van der Waals surface area contributed by atoms with E-state index in [1.54, 1.807) is 22.7 Å². The van der Waals surface area contributed by atoms with Crippen molar-refractivity contribution in [2.75, 3.05) is 13.2 Å². The van der Waals surface area contributed by atoms with Crippen molar-refractivity contribution in [3.63, 3.8) is 0 Å². The monoisotopic (exact) mass is 372 g/mol. The molecule has 1 amide bonds. The minimum Gasteiger partial charge on any atom is -0.486 e. The minimum absolute atomic E-state index is 0.0644. The third-order valence-corrected chi connectivity index (χ3v) is 5.65. The van der Waals surface area contributed by atoms with Crippen LogP contribution in [0, 0.1) is 0 Å². The molecule has 1 aliphatic heterocycles. The summed E-state index contributed by atoms with van der Waals surface area (Å²) in [5, 5.41) is 7.81. The Bertz CT molecular complexity index is 861. The van der Waals surface area contributed by atoms with E-state index in [0.717, 1.165) is 21.3 Å². The molecule has 1 aromatic carbocycles. The number of nitrogens with one attached hydrogen (secondary N) is 1. The van der Waals surface area contributed by atoms with Gasteiger partial charge in [-0.1, -0.05) is 18.2 Å². The largest absolute Gasteiger partial charge is 0.486 e. The Morgan fingerprint density at radius 3 is 2.92 bits per heavy atom. The van der Waals surface area contributed by atoms with Crippen LogP contribution in [0.25, 0.3) is 9.88 Å². The number of para-hydroxylation sites is 2. The number of thiophene rings is 1. The Kier molecular flexibility index (Phi) is 4.67. The van der Waals surface area contributed by atoms with Gasteiger partial charge in [-0.2, -0.15) is 0 Å². The first-order valence-corrected chi connectivity index (χ1v) is 9.67. The molecule has 1 aliphatic rings. The molecular formula is C18H16N2O3S2. The third kappa shape index (κ3) is 3.83. The van der Waals surface area contributed by atoms with Crippen LogP contribution in [-0.2, 0) is 11.2 Å². The van der Waals surface area contributed by atoms with Crippen molar-refractivity contribution in [1.29, 1.82) is 0 Å². The van der Waals surface area contributed by atoms with Crippen LogP contribution < -0.4 is 14.8 Å². The average molecular weight is 372 g/mol. The second-order valence-corrected chi connectivity index (χ2v) is 7.41. The Hall–Kier alpha value is -2.38. The molecule has 4 rings (SSSR count). The van der Waals surface area contributed by atoms with Crippen molar-refractivity contribution < 1.29 is 14.3 Å². The number of carbonyl (C=O) groups is 1. The zero-order valence-corrected chi connectivity index (χ0v) is 14.9. The van der Waals surface area contributed by atoms with Gasteiger partial charge in [0, 0.05) is 5.38 Å². The van der Waals surface area contributed by atoms with E-state index in [-0.39, 0.29) is 18.4 Å². The number of rotatable bonds is 5. The molecule has 0 aliphatic carbocycles. The molecule has 0 saturated carbocycles. The summed E-state index contributed by atoms with van der Waals surface area (Å²) in [7, 11) is 0. The number of ether oxygens (including phenoxy) is 2. The lowest BCUT2D eigenvalue weighted by Gasteiger charge is -2.26. The second kappa shape index (κ2) is 7.25. The van der Waals surface area contributed by atoms with Gasteiger partial charge in [0.1, 0.15) is 17.7 Å². The van der Waals surface area contributed by atoms with Crippen LogP contribution in [0.3, 0.4) is 0 Å². The molecule has 128 valence electrons. The van der Waals surface area contributed by atoms with Crippen LogP contribution in [-0.4, -0.2) is 30.1 Å². The van der Waals surface area contributed by atoms with Crippen molar-refractivity contribution in [3.8, 4) is 21.4 Å². The number of fused-ring (bicyclic) bond motifs is 1. The molecule has 0 saturated heterocycles. The van der Waals surface area contributed by atoms with Crippen LogP contribution in [0.4, 0.5) is 0 Å². The standard InChI is InChI=1S/C18H16N2O3S2/c21-17(8-12-11-25-18(20-12)16-6-3-7-24-16)19-9-13-10-22-14-4-1-2-5-15(14)23-13/h1-7,11,13H,8-10H2,(H,19,21)/t13-/m1/s1. The molecule has 3 heterocycles. The normalized spacial score (nSPS) is 15.8. The molecule has 0 radical (unpaired) electrons. The van der Waals surface area contributed by atoms with E-state index in [2.05, 4.69) is 10.3 Å². The molecule has 1 N–H and O–H groups in total. The summed E-state index contributed by atoms with van der Waals surface area (Å²) < 4.78 is 11.5. The molecule has 25 heavy (non-hydrogen) atoms. The van der Waals surface area contributed by atoms with Crippen LogP contribution >= 0.6 is 22.7 Å². The van der Waals surface area contributed by atoms with E-state index in [1.165, 1.54) is 0 Å². The fourth-order valence-electron chi connectivity index (χ4n) is 2.52. The van der Waals surface area contributed by atoms with E-state index in [4.69, 9.17) is 9.47 Å². The molecular weight excluding hydrogens is 356 g/mol. The number of carbonyl (C=O) groups excluding carboxylic acids is 1. The van der Waals surface area contributed by atoms with Crippen molar-refractivity contribution in [2.45, 2.75) is 12.5 Å². The van der Waals surface area contributed by atoms with E-state index >= 15 is 0 Å². The van der Waals surface area contributed by atoms with Gasteiger partial charge < -0.3 is 14.8 Å². The highest BCUT2D eigenvalue weighted by Gasteiger charge is 2.21. The first kappa shape index (κ1) is 16.1. The molecule has 0 bridgehead atoms. The van der Waals surface area contributed by atoms with E-state index in [0.29, 0.717) is 18.9 Å². The molecule has 3 aromatic rings. The molecule has 7 heteroatoms. The highest BCUT2D eigenvalue weighted by molar-refractivity contribution is 7.20. The topological polar surface area (TPSA) is 60.5 Å². The van der Waals surface area contributed by atoms with Gasteiger partial charge in [-0.3, -0.25) is 4.79 Å². The van der Waals surface area contributed by atoms with Gasteiger partial charge in [-0.25, -0.2) is 4.98 Å². The van der Waals surface area contributed by atoms with Crippen molar-refractivity contribution in [3.05, 3.63) is 52.9 Å². The zero-order valence-electron chi connectivity index (χ0n) is 13.3. The highest BCUT2D eigenvalue weighted by atomic mass is 32.1.